The summed E-state index contributed by atoms with van der Waals surface area (Å²) >= 11 is 12.1. The first kappa shape index (κ1) is 17.8. The van der Waals surface area contributed by atoms with Crippen molar-refractivity contribution in [1.82, 2.24) is 18.7 Å². The number of hydrogen-bond donors (Lipinski definition) is 0. The van der Waals surface area contributed by atoms with Crippen LogP contribution < -0.4 is 11.2 Å². The maximum absolute atomic E-state index is 12.8. The molecule has 1 aliphatic heterocycles. The molecule has 0 fully saturated rings. The largest absolute Gasteiger partial charge is 0.390 e. The van der Waals surface area contributed by atoms with Crippen LogP contribution in [0.1, 0.15) is 12.0 Å². The Hall–Kier alpha value is -2.58. The molecule has 0 unspecified atom stereocenters. The van der Waals surface area contributed by atoms with E-state index in [0.717, 1.165) is 4.57 Å². The van der Waals surface area contributed by atoms with Crippen molar-refractivity contribution in [3.8, 4) is 0 Å². The lowest BCUT2D eigenvalue weighted by Crippen LogP contribution is -2.42. The predicted molar refractivity (Wildman–Crippen MR) is 103 cm³/mol. The summed E-state index contributed by atoms with van der Waals surface area (Å²) in [7, 11) is 3.29. The molecule has 4 rings (SSSR count). The van der Waals surface area contributed by atoms with Crippen LogP contribution in [0.2, 0.25) is 10.0 Å². The van der Waals surface area contributed by atoms with Gasteiger partial charge in [0, 0.05) is 31.1 Å². The second kappa shape index (κ2) is 6.54. The Kier molecular flexibility index (Phi) is 4.32. The van der Waals surface area contributed by atoms with Crippen molar-refractivity contribution >= 4 is 40.1 Å². The predicted octanol–water partition coefficient (Wildman–Crippen LogP) is 1.93. The van der Waals surface area contributed by atoms with Gasteiger partial charge in [0.1, 0.15) is 0 Å². The first-order chi connectivity index (χ1) is 12.9. The molecule has 0 saturated heterocycles. The summed E-state index contributed by atoms with van der Waals surface area (Å²) in [5.74, 6) is 0. The van der Waals surface area contributed by atoms with Crippen LogP contribution in [0.15, 0.2) is 39.3 Å². The van der Waals surface area contributed by atoms with E-state index in [2.05, 4.69) is 10.1 Å². The van der Waals surface area contributed by atoms with Crippen LogP contribution in [0, 0.1) is 0 Å². The summed E-state index contributed by atoms with van der Waals surface area (Å²) in [6.07, 6.45) is 1.47. The number of aromatic nitrogens is 4. The minimum Gasteiger partial charge on any atom is -0.390 e. The number of benzene rings is 1. The fourth-order valence-electron chi connectivity index (χ4n) is 3.17. The third kappa shape index (κ3) is 2.94. The van der Waals surface area contributed by atoms with E-state index in [1.165, 1.54) is 10.9 Å². The monoisotopic (exact) mass is 407 g/mol. The fraction of sp³-hybridized carbons (Fsp3) is 0.294. The number of aryl methyl sites for hydroxylation is 2. The molecule has 1 aliphatic rings. The molecular formula is C17H15Cl2N5O3. The molecule has 0 amide bonds. The minimum absolute atomic E-state index is 0.0742. The standard InChI is InChI=1S/C17H15Cl2N5O3/c1-22-8-20-15-14(22)16(25)24(17(26)23(15)2)7-10-6-13(21-27-10)11-4-3-9(18)5-12(11)19/h3-5,8,10H,6-7H2,1-2H3/t10-/m1/s1. The molecule has 1 aromatic carbocycles. The van der Waals surface area contributed by atoms with Crippen molar-refractivity contribution in [3.63, 3.8) is 0 Å². The Labute approximate surface area is 163 Å². The molecule has 0 aliphatic carbocycles. The van der Waals surface area contributed by atoms with Crippen LogP contribution in [0.4, 0.5) is 0 Å². The van der Waals surface area contributed by atoms with Crippen LogP contribution in [0.3, 0.4) is 0 Å². The highest BCUT2D eigenvalue weighted by atomic mass is 35.5. The van der Waals surface area contributed by atoms with Crippen LogP contribution >= 0.6 is 23.2 Å². The van der Waals surface area contributed by atoms with Crippen LogP contribution in [0.25, 0.3) is 11.2 Å². The molecule has 0 spiro atoms. The Morgan fingerprint density at radius 1 is 1.26 bits per heavy atom. The van der Waals surface area contributed by atoms with Gasteiger partial charge in [0.2, 0.25) is 0 Å². The van der Waals surface area contributed by atoms with Crippen molar-refractivity contribution in [3.05, 3.63) is 61.0 Å². The Morgan fingerprint density at radius 3 is 2.78 bits per heavy atom. The van der Waals surface area contributed by atoms with Gasteiger partial charge in [-0.15, -0.1) is 0 Å². The average Bonchev–Trinajstić information content (AvgIpc) is 3.24. The van der Waals surface area contributed by atoms with E-state index in [4.69, 9.17) is 28.0 Å². The fourth-order valence-corrected chi connectivity index (χ4v) is 3.69. The molecule has 0 saturated carbocycles. The maximum Gasteiger partial charge on any atom is 0.332 e. The first-order valence-corrected chi connectivity index (χ1v) is 8.91. The molecule has 1 atom stereocenters. The molecule has 8 nitrogen and oxygen atoms in total. The first-order valence-electron chi connectivity index (χ1n) is 8.15. The third-order valence-electron chi connectivity index (χ3n) is 4.56. The minimum atomic E-state index is -0.456. The van der Waals surface area contributed by atoms with Gasteiger partial charge in [0.05, 0.1) is 23.6 Å². The smallest absolute Gasteiger partial charge is 0.332 e. The van der Waals surface area contributed by atoms with Crippen molar-refractivity contribution in [2.24, 2.45) is 19.3 Å². The number of halogens is 2. The molecule has 0 N–H and O–H groups in total. The number of rotatable bonds is 3. The van der Waals surface area contributed by atoms with E-state index < -0.39 is 17.4 Å². The SMILES string of the molecule is Cn1cnc2c1c(=O)n(C[C@H]1CC(c3ccc(Cl)cc3Cl)=NO1)c(=O)n2C. The lowest BCUT2D eigenvalue weighted by atomic mass is 10.0. The summed E-state index contributed by atoms with van der Waals surface area (Å²) in [6.45, 7) is 0.0742. The summed E-state index contributed by atoms with van der Waals surface area (Å²) in [5, 5.41) is 5.07. The molecule has 27 heavy (non-hydrogen) atoms. The van der Waals surface area contributed by atoms with Crippen molar-refractivity contribution in [1.29, 1.82) is 0 Å². The number of nitrogens with zero attached hydrogens (tertiary/aromatic N) is 5. The second-order valence-electron chi connectivity index (χ2n) is 6.38. The van der Waals surface area contributed by atoms with Crippen molar-refractivity contribution in [2.45, 2.75) is 19.1 Å². The summed E-state index contributed by atoms with van der Waals surface area (Å²) in [6, 6.07) is 5.11. The molecular weight excluding hydrogens is 393 g/mol. The molecule has 3 aromatic rings. The summed E-state index contributed by atoms with van der Waals surface area (Å²) in [4.78, 5) is 34.9. The van der Waals surface area contributed by atoms with Gasteiger partial charge in [-0.2, -0.15) is 0 Å². The highest BCUT2D eigenvalue weighted by molar-refractivity contribution is 6.37. The van der Waals surface area contributed by atoms with Crippen LogP contribution in [0.5, 0.6) is 0 Å². The van der Waals surface area contributed by atoms with Gasteiger partial charge in [-0.3, -0.25) is 13.9 Å². The van der Waals surface area contributed by atoms with Gasteiger partial charge < -0.3 is 9.40 Å². The number of imidazole rings is 1. The van der Waals surface area contributed by atoms with Crippen molar-refractivity contribution < 1.29 is 4.84 Å². The van der Waals surface area contributed by atoms with Gasteiger partial charge in [0.25, 0.3) is 5.56 Å². The Balaban J connectivity index is 1.64. The van der Waals surface area contributed by atoms with E-state index in [-0.39, 0.29) is 6.54 Å². The third-order valence-corrected chi connectivity index (χ3v) is 5.11. The average molecular weight is 408 g/mol. The van der Waals surface area contributed by atoms with Gasteiger partial charge in [-0.1, -0.05) is 34.4 Å². The van der Waals surface area contributed by atoms with Crippen LogP contribution in [-0.4, -0.2) is 30.5 Å². The second-order valence-corrected chi connectivity index (χ2v) is 7.22. The van der Waals surface area contributed by atoms with Gasteiger partial charge >= 0.3 is 5.69 Å². The summed E-state index contributed by atoms with van der Waals surface area (Å²) < 4.78 is 4.10. The van der Waals surface area contributed by atoms with Crippen molar-refractivity contribution in [2.75, 3.05) is 0 Å². The lowest BCUT2D eigenvalue weighted by molar-refractivity contribution is 0.0706. The molecule has 140 valence electrons. The quantitative estimate of drug-likeness (QED) is 0.663. The number of oxime groups is 1. The zero-order chi connectivity index (χ0) is 19.3. The van der Waals surface area contributed by atoms with E-state index in [9.17, 15) is 9.59 Å². The molecule has 3 heterocycles. The van der Waals surface area contributed by atoms with E-state index in [0.29, 0.717) is 38.9 Å². The topological polar surface area (TPSA) is 83.4 Å². The van der Waals surface area contributed by atoms with Gasteiger partial charge in [0.15, 0.2) is 17.3 Å². The Morgan fingerprint density at radius 2 is 2.04 bits per heavy atom. The maximum atomic E-state index is 12.8. The zero-order valence-electron chi connectivity index (χ0n) is 14.5. The highest BCUT2D eigenvalue weighted by Crippen LogP contribution is 2.26. The van der Waals surface area contributed by atoms with E-state index in [1.807, 2.05) is 0 Å². The molecule has 0 bridgehead atoms. The lowest BCUT2D eigenvalue weighted by Gasteiger charge is -2.12. The van der Waals surface area contributed by atoms with Gasteiger partial charge in [-0.25, -0.2) is 9.78 Å². The summed E-state index contributed by atoms with van der Waals surface area (Å²) in [5.41, 5.74) is 1.21. The Bertz CT molecular complexity index is 1210. The molecule has 0 radical (unpaired) electrons. The number of hydrogen-bond acceptors (Lipinski definition) is 5. The van der Waals surface area contributed by atoms with E-state index in [1.54, 1.807) is 36.9 Å². The highest BCUT2D eigenvalue weighted by Gasteiger charge is 2.26. The number of fused-ring (bicyclic) bond motifs is 1. The zero-order valence-corrected chi connectivity index (χ0v) is 16.0. The normalized spacial score (nSPS) is 16.6. The molecule has 2 aromatic heterocycles. The van der Waals surface area contributed by atoms with E-state index >= 15 is 0 Å². The molecule has 10 heteroatoms. The van der Waals surface area contributed by atoms with Gasteiger partial charge in [-0.05, 0) is 12.1 Å². The van der Waals surface area contributed by atoms with Crippen LogP contribution in [-0.2, 0) is 25.5 Å².